The van der Waals surface area contributed by atoms with Crippen LogP contribution in [0, 0.1) is 17.7 Å². The molecule has 0 saturated carbocycles. The highest BCUT2D eigenvalue weighted by molar-refractivity contribution is 6.09. The van der Waals surface area contributed by atoms with Gasteiger partial charge < -0.3 is 15.2 Å². The van der Waals surface area contributed by atoms with Crippen LogP contribution >= 0.6 is 0 Å². The molecule has 3 fully saturated rings. The molecule has 0 radical (unpaired) electrons. The zero-order valence-corrected chi connectivity index (χ0v) is 13.5. The van der Waals surface area contributed by atoms with Gasteiger partial charge in [0.25, 0.3) is 0 Å². The maximum atomic E-state index is 13.9. The summed E-state index contributed by atoms with van der Waals surface area (Å²) in [5, 5.41) is 11.1. The lowest BCUT2D eigenvalue weighted by molar-refractivity contribution is -0.145. The molecule has 4 rings (SSSR count). The summed E-state index contributed by atoms with van der Waals surface area (Å²) in [4.78, 5) is 48.8. The SMILES string of the molecule is O=C(CN1C(=O)C2C3CCC(O3)C2C1=O)Nc1ccc(C(=O)O)cc1F. The minimum atomic E-state index is -1.29. The van der Waals surface area contributed by atoms with Crippen molar-refractivity contribution in [3.05, 3.63) is 29.6 Å². The largest absolute Gasteiger partial charge is 0.478 e. The van der Waals surface area contributed by atoms with Gasteiger partial charge in [-0.15, -0.1) is 0 Å². The van der Waals surface area contributed by atoms with Gasteiger partial charge in [-0.3, -0.25) is 19.3 Å². The van der Waals surface area contributed by atoms with E-state index in [1.807, 2.05) is 0 Å². The molecule has 8 nitrogen and oxygen atoms in total. The van der Waals surface area contributed by atoms with Crippen LogP contribution in [0.4, 0.5) is 10.1 Å². The van der Waals surface area contributed by atoms with Gasteiger partial charge in [-0.05, 0) is 31.0 Å². The molecule has 0 aliphatic carbocycles. The lowest BCUT2D eigenvalue weighted by Crippen LogP contribution is -2.40. The number of ether oxygens (including phenoxy) is 1. The molecule has 9 heteroatoms. The number of carboxylic acids is 1. The molecule has 1 aromatic carbocycles. The smallest absolute Gasteiger partial charge is 0.335 e. The predicted octanol–water partition coefficient (Wildman–Crippen LogP) is 0.625. The maximum Gasteiger partial charge on any atom is 0.335 e. The summed E-state index contributed by atoms with van der Waals surface area (Å²) in [6, 6.07) is 3.04. The molecule has 136 valence electrons. The normalized spacial score (nSPS) is 29.2. The van der Waals surface area contributed by atoms with Crippen molar-refractivity contribution in [3.8, 4) is 0 Å². The predicted molar refractivity (Wildman–Crippen MR) is 83.6 cm³/mol. The van der Waals surface area contributed by atoms with E-state index < -0.39 is 47.9 Å². The van der Waals surface area contributed by atoms with Gasteiger partial charge in [-0.25, -0.2) is 9.18 Å². The zero-order chi connectivity index (χ0) is 18.6. The van der Waals surface area contributed by atoms with Crippen molar-refractivity contribution in [2.24, 2.45) is 11.8 Å². The van der Waals surface area contributed by atoms with Crippen LogP contribution in [-0.2, 0) is 19.1 Å². The number of carbonyl (C=O) groups excluding carboxylic acids is 3. The first kappa shape index (κ1) is 16.6. The van der Waals surface area contributed by atoms with E-state index in [0.29, 0.717) is 0 Å². The standard InChI is InChI=1S/C17H15FN2O6/c18-8-5-7(17(24)25)1-2-9(8)19-12(21)6-20-15(22)13-10-3-4-11(26-10)14(13)16(20)23/h1-2,5,10-11,13-14H,3-4,6H2,(H,19,21)(H,24,25). The third-order valence-corrected chi connectivity index (χ3v) is 5.17. The van der Waals surface area contributed by atoms with Crippen LogP contribution < -0.4 is 5.32 Å². The molecule has 26 heavy (non-hydrogen) atoms. The second kappa shape index (κ2) is 5.87. The van der Waals surface area contributed by atoms with Gasteiger partial charge in [0.1, 0.15) is 12.4 Å². The van der Waals surface area contributed by atoms with Gasteiger partial charge in [-0.2, -0.15) is 0 Å². The van der Waals surface area contributed by atoms with Crippen LogP contribution in [0.3, 0.4) is 0 Å². The van der Waals surface area contributed by atoms with Crippen molar-refractivity contribution in [2.45, 2.75) is 25.0 Å². The number of amides is 3. The Morgan fingerprint density at radius 2 is 1.81 bits per heavy atom. The Morgan fingerprint density at radius 3 is 2.35 bits per heavy atom. The lowest BCUT2D eigenvalue weighted by Gasteiger charge is -2.17. The summed E-state index contributed by atoms with van der Waals surface area (Å²) in [5.41, 5.74) is -0.476. The minimum absolute atomic E-state index is 0.220. The fourth-order valence-corrected chi connectivity index (χ4v) is 4.01. The van der Waals surface area contributed by atoms with Gasteiger partial charge in [0, 0.05) is 0 Å². The van der Waals surface area contributed by atoms with Crippen LogP contribution in [0.5, 0.6) is 0 Å². The molecule has 3 aliphatic rings. The van der Waals surface area contributed by atoms with Crippen molar-refractivity contribution in [2.75, 3.05) is 11.9 Å². The van der Waals surface area contributed by atoms with Crippen molar-refractivity contribution in [3.63, 3.8) is 0 Å². The van der Waals surface area contributed by atoms with Crippen molar-refractivity contribution >= 4 is 29.4 Å². The quantitative estimate of drug-likeness (QED) is 0.760. The number of anilines is 1. The zero-order valence-electron chi connectivity index (χ0n) is 13.5. The summed E-state index contributed by atoms with van der Waals surface area (Å²) in [6.07, 6.45) is 0.920. The molecule has 3 amide bonds. The molecule has 0 spiro atoms. The summed E-state index contributed by atoms with van der Waals surface area (Å²) in [5.74, 6) is -4.85. The molecule has 2 bridgehead atoms. The number of carboxylic acid groups (broad SMARTS) is 1. The number of carbonyl (C=O) groups is 4. The van der Waals surface area contributed by atoms with E-state index in [-0.39, 0.29) is 23.5 Å². The van der Waals surface area contributed by atoms with E-state index in [9.17, 15) is 23.6 Å². The van der Waals surface area contributed by atoms with Crippen LogP contribution in [0.2, 0.25) is 0 Å². The number of halogens is 1. The summed E-state index contributed by atoms with van der Waals surface area (Å²) < 4.78 is 19.5. The van der Waals surface area contributed by atoms with Crippen LogP contribution in [0.1, 0.15) is 23.2 Å². The maximum absolute atomic E-state index is 13.9. The first-order valence-corrected chi connectivity index (χ1v) is 8.20. The number of nitrogens with one attached hydrogen (secondary N) is 1. The monoisotopic (exact) mass is 362 g/mol. The van der Waals surface area contributed by atoms with Crippen LogP contribution in [-0.4, -0.2) is 52.4 Å². The lowest BCUT2D eigenvalue weighted by atomic mass is 9.81. The number of rotatable bonds is 4. The molecule has 3 saturated heterocycles. The molecule has 3 aliphatic heterocycles. The Kier molecular flexibility index (Phi) is 3.76. The molecule has 2 N–H and O–H groups in total. The van der Waals surface area contributed by atoms with Crippen LogP contribution in [0.15, 0.2) is 18.2 Å². The van der Waals surface area contributed by atoms with Crippen molar-refractivity contribution in [1.82, 2.24) is 4.90 Å². The first-order valence-electron chi connectivity index (χ1n) is 8.20. The number of benzene rings is 1. The van der Waals surface area contributed by atoms with E-state index in [4.69, 9.17) is 9.84 Å². The molecule has 4 atom stereocenters. The highest BCUT2D eigenvalue weighted by atomic mass is 19.1. The number of imide groups is 1. The van der Waals surface area contributed by atoms with Gasteiger partial charge in [-0.1, -0.05) is 0 Å². The number of fused-ring (bicyclic) bond motifs is 5. The Morgan fingerprint density at radius 1 is 1.19 bits per heavy atom. The first-order chi connectivity index (χ1) is 12.4. The van der Waals surface area contributed by atoms with Gasteiger partial charge >= 0.3 is 5.97 Å². The summed E-state index contributed by atoms with van der Waals surface area (Å²) >= 11 is 0. The Hall–Kier alpha value is -2.81. The topological polar surface area (TPSA) is 113 Å². The van der Waals surface area contributed by atoms with Gasteiger partial charge in [0.05, 0.1) is 35.3 Å². The molecule has 4 unspecified atom stereocenters. The Balaban J connectivity index is 1.45. The Bertz CT molecular complexity index is 813. The summed E-state index contributed by atoms with van der Waals surface area (Å²) in [7, 11) is 0. The van der Waals surface area contributed by atoms with E-state index in [1.165, 1.54) is 0 Å². The number of likely N-dealkylation sites (tertiary alicyclic amines) is 1. The highest BCUT2D eigenvalue weighted by Gasteiger charge is 2.62. The summed E-state index contributed by atoms with van der Waals surface area (Å²) in [6.45, 7) is -0.510. The second-order valence-corrected chi connectivity index (χ2v) is 6.65. The number of hydrogen-bond donors (Lipinski definition) is 2. The van der Waals surface area contributed by atoms with E-state index in [0.717, 1.165) is 35.9 Å². The second-order valence-electron chi connectivity index (χ2n) is 6.65. The fraction of sp³-hybridized carbons (Fsp3) is 0.412. The van der Waals surface area contributed by atoms with E-state index in [2.05, 4.69) is 5.32 Å². The number of hydrogen-bond acceptors (Lipinski definition) is 5. The van der Waals surface area contributed by atoms with Gasteiger partial charge in [0.2, 0.25) is 17.7 Å². The average Bonchev–Trinajstić information content (AvgIpc) is 3.26. The fourth-order valence-electron chi connectivity index (χ4n) is 4.01. The molecular weight excluding hydrogens is 347 g/mol. The third kappa shape index (κ3) is 2.47. The minimum Gasteiger partial charge on any atom is -0.478 e. The highest BCUT2D eigenvalue weighted by Crippen LogP contribution is 2.48. The van der Waals surface area contributed by atoms with Crippen molar-refractivity contribution in [1.29, 1.82) is 0 Å². The molecule has 3 heterocycles. The van der Waals surface area contributed by atoms with E-state index in [1.54, 1.807) is 0 Å². The molecule has 0 aromatic heterocycles. The van der Waals surface area contributed by atoms with Crippen molar-refractivity contribution < 1.29 is 33.4 Å². The molecule has 1 aromatic rings. The van der Waals surface area contributed by atoms with E-state index >= 15 is 0 Å². The Labute approximate surface area is 146 Å². The number of aromatic carboxylic acids is 1. The average molecular weight is 362 g/mol. The van der Waals surface area contributed by atoms with Crippen LogP contribution in [0.25, 0.3) is 0 Å². The molecular formula is C17H15FN2O6. The number of nitrogens with zero attached hydrogens (tertiary/aromatic N) is 1. The third-order valence-electron chi connectivity index (χ3n) is 5.17. The van der Waals surface area contributed by atoms with Gasteiger partial charge in [0.15, 0.2) is 0 Å².